The van der Waals surface area contributed by atoms with Crippen molar-refractivity contribution < 1.29 is 17.0 Å². The number of hydrogen-bond donors (Lipinski definition) is 0. The molecular formula is C17H22N2O5S. The van der Waals surface area contributed by atoms with Crippen LogP contribution in [-0.4, -0.2) is 37.2 Å². The molecule has 1 fully saturated rings. The van der Waals surface area contributed by atoms with Gasteiger partial charge in [-0.05, 0) is 18.4 Å². The van der Waals surface area contributed by atoms with Crippen LogP contribution in [0.1, 0.15) is 30.2 Å². The summed E-state index contributed by atoms with van der Waals surface area (Å²) in [6.45, 7) is 2.44. The van der Waals surface area contributed by atoms with Gasteiger partial charge in [-0.25, -0.2) is 4.79 Å². The van der Waals surface area contributed by atoms with E-state index in [0.717, 1.165) is 38.7 Å². The normalized spacial score (nSPS) is 17.0. The topological polar surface area (TPSA) is 81.8 Å². The third-order valence-corrected chi connectivity index (χ3v) is 4.87. The molecule has 1 aliphatic heterocycles. The molecule has 1 aromatic heterocycles. The highest BCUT2D eigenvalue weighted by Crippen LogP contribution is 2.23. The molecule has 0 bridgehead atoms. The summed E-state index contributed by atoms with van der Waals surface area (Å²) in [5.41, 5.74) is 1.28. The van der Waals surface area contributed by atoms with Crippen molar-refractivity contribution in [3.05, 3.63) is 58.4 Å². The number of nitrogens with zero attached hydrogens (tertiary/aromatic N) is 2. The van der Waals surface area contributed by atoms with E-state index in [4.69, 9.17) is 4.42 Å². The molecule has 0 saturated carbocycles. The second-order valence-electron chi connectivity index (χ2n) is 6.33. The first kappa shape index (κ1) is 17.9. The Morgan fingerprint density at radius 3 is 2.52 bits per heavy atom. The van der Waals surface area contributed by atoms with Crippen molar-refractivity contribution in [3.63, 3.8) is 0 Å². The van der Waals surface area contributed by atoms with E-state index in [2.05, 4.69) is 21.2 Å². The highest BCUT2D eigenvalue weighted by atomic mass is 32.2. The van der Waals surface area contributed by atoms with Crippen LogP contribution in [0.3, 0.4) is 0 Å². The number of likely N-dealkylation sites (tertiary alicyclic amines) is 1. The lowest BCUT2D eigenvalue weighted by molar-refractivity contribution is 0.175. The maximum Gasteiger partial charge on any atom is 0.419 e. The molecular weight excluding hydrogens is 344 g/mol. The Morgan fingerprint density at radius 2 is 1.88 bits per heavy atom. The predicted molar refractivity (Wildman–Crippen MR) is 92.6 cm³/mol. The van der Waals surface area contributed by atoms with Crippen molar-refractivity contribution in [1.82, 2.24) is 9.47 Å². The summed E-state index contributed by atoms with van der Waals surface area (Å²) >= 11 is 0. The molecule has 25 heavy (non-hydrogen) atoms. The SMILES string of the molecule is CS(=O)(=O)OCc1cn(C2CCN(Cc3ccccc3)CC2)c(=O)o1. The lowest BCUT2D eigenvalue weighted by Crippen LogP contribution is -2.36. The first-order chi connectivity index (χ1) is 11.9. The zero-order valence-electron chi connectivity index (χ0n) is 14.1. The lowest BCUT2D eigenvalue weighted by atomic mass is 10.0. The van der Waals surface area contributed by atoms with Crippen LogP contribution >= 0.6 is 0 Å². The van der Waals surface area contributed by atoms with Gasteiger partial charge in [-0.15, -0.1) is 0 Å². The summed E-state index contributed by atoms with van der Waals surface area (Å²) in [6, 6.07) is 10.4. The number of rotatable bonds is 6. The van der Waals surface area contributed by atoms with Gasteiger partial charge in [0.1, 0.15) is 6.61 Å². The van der Waals surface area contributed by atoms with Crippen LogP contribution < -0.4 is 5.76 Å². The van der Waals surface area contributed by atoms with Crippen LogP contribution in [0.2, 0.25) is 0 Å². The fourth-order valence-corrected chi connectivity index (χ4v) is 3.41. The molecule has 1 aromatic carbocycles. The Labute approximate surface area is 146 Å². The second kappa shape index (κ2) is 7.55. The molecule has 0 aliphatic carbocycles. The minimum Gasteiger partial charge on any atom is -0.410 e. The quantitative estimate of drug-likeness (QED) is 0.725. The first-order valence-electron chi connectivity index (χ1n) is 8.22. The van der Waals surface area contributed by atoms with Gasteiger partial charge < -0.3 is 4.42 Å². The van der Waals surface area contributed by atoms with E-state index in [1.54, 1.807) is 10.8 Å². The van der Waals surface area contributed by atoms with E-state index < -0.39 is 15.9 Å². The zero-order chi connectivity index (χ0) is 17.9. The number of piperidine rings is 1. The highest BCUT2D eigenvalue weighted by molar-refractivity contribution is 7.85. The summed E-state index contributed by atoms with van der Waals surface area (Å²) < 4.78 is 33.4. The molecule has 1 saturated heterocycles. The third-order valence-electron chi connectivity index (χ3n) is 4.33. The van der Waals surface area contributed by atoms with Crippen LogP contribution in [0.5, 0.6) is 0 Å². The monoisotopic (exact) mass is 366 g/mol. The molecule has 2 heterocycles. The van der Waals surface area contributed by atoms with E-state index in [0.29, 0.717) is 0 Å². The van der Waals surface area contributed by atoms with Gasteiger partial charge in [0.25, 0.3) is 10.1 Å². The van der Waals surface area contributed by atoms with Crippen LogP contribution in [0.15, 0.2) is 45.7 Å². The first-order valence-corrected chi connectivity index (χ1v) is 10.0. The van der Waals surface area contributed by atoms with Crippen LogP contribution in [0.4, 0.5) is 0 Å². The molecule has 2 aromatic rings. The van der Waals surface area contributed by atoms with Gasteiger partial charge in [-0.2, -0.15) is 8.42 Å². The van der Waals surface area contributed by atoms with E-state index >= 15 is 0 Å². The highest BCUT2D eigenvalue weighted by Gasteiger charge is 2.23. The fourth-order valence-electron chi connectivity index (χ4n) is 3.08. The summed E-state index contributed by atoms with van der Waals surface area (Å²) in [5.74, 6) is -0.240. The Balaban J connectivity index is 1.57. The van der Waals surface area contributed by atoms with Gasteiger partial charge in [0.05, 0.1) is 12.5 Å². The Kier molecular flexibility index (Phi) is 5.41. The average Bonchev–Trinajstić information content (AvgIpc) is 2.95. The minimum atomic E-state index is -3.57. The second-order valence-corrected chi connectivity index (χ2v) is 7.97. The molecule has 0 N–H and O–H groups in total. The Morgan fingerprint density at radius 1 is 1.20 bits per heavy atom. The smallest absolute Gasteiger partial charge is 0.410 e. The Bertz CT molecular complexity index is 849. The fraction of sp³-hybridized carbons (Fsp3) is 0.471. The molecule has 136 valence electrons. The maximum atomic E-state index is 12.0. The molecule has 7 nitrogen and oxygen atoms in total. The number of hydrogen-bond acceptors (Lipinski definition) is 6. The molecule has 1 aliphatic rings. The maximum absolute atomic E-state index is 12.0. The summed E-state index contributed by atoms with van der Waals surface area (Å²) in [7, 11) is -3.57. The molecule has 0 spiro atoms. The zero-order valence-corrected chi connectivity index (χ0v) is 14.9. The summed E-state index contributed by atoms with van der Waals surface area (Å²) in [4.78, 5) is 14.4. The Hall–Kier alpha value is -1.90. The third kappa shape index (κ3) is 5.04. The minimum absolute atomic E-state index is 0.0651. The number of benzene rings is 1. The van der Waals surface area contributed by atoms with Crippen LogP contribution in [-0.2, 0) is 27.5 Å². The lowest BCUT2D eigenvalue weighted by Gasteiger charge is -2.31. The standard InChI is InChI=1S/C17H22N2O5S/c1-25(21,22)23-13-16-12-19(17(20)24-16)15-7-9-18(10-8-15)11-14-5-3-2-4-6-14/h2-6,12,15H,7-11,13H2,1H3. The average molecular weight is 366 g/mol. The van der Waals surface area contributed by atoms with Gasteiger partial charge in [0.2, 0.25) is 0 Å². The molecule has 0 radical (unpaired) electrons. The van der Waals surface area contributed by atoms with E-state index in [1.165, 1.54) is 5.56 Å². The molecule has 0 atom stereocenters. The summed E-state index contributed by atoms with van der Waals surface area (Å²) in [6.07, 6.45) is 4.22. The molecule has 8 heteroatoms. The summed E-state index contributed by atoms with van der Waals surface area (Å²) in [5, 5.41) is 0. The van der Waals surface area contributed by atoms with Gasteiger partial charge in [-0.3, -0.25) is 13.7 Å². The largest absolute Gasteiger partial charge is 0.419 e. The molecule has 3 rings (SSSR count). The van der Waals surface area contributed by atoms with Crippen LogP contribution in [0.25, 0.3) is 0 Å². The van der Waals surface area contributed by atoms with Crippen molar-refractivity contribution in [2.75, 3.05) is 19.3 Å². The van der Waals surface area contributed by atoms with E-state index in [-0.39, 0.29) is 18.4 Å². The van der Waals surface area contributed by atoms with Crippen molar-refractivity contribution in [3.8, 4) is 0 Å². The number of aromatic nitrogens is 1. The van der Waals surface area contributed by atoms with E-state index in [9.17, 15) is 13.2 Å². The van der Waals surface area contributed by atoms with Gasteiger partial charge in [-0.1, -0.05) is 30.3 Å². The van der Waals surface area contributed by atoms with Gasteiger partial charge in [0, 0.05) is 25.7 Å². The van der Waals surface area contributed by atoms with Crippen molar-refractivity contribution in [2.24, 2.45) is 0 Å². The molecule has 0 amide bonds. The van der Waals surface area contributed by atoms with Crippen LogP contribution in [0, 0.1) is 0 Å². The predicted octanol–water partition coefficient (Wildman–Crippen LogP) is 1.75. The van der Waals surface area contributed by atoms with Gasteiger partial charge in [0.15, 0.2) is 5.76 Å². The number of oxazole rings is 1. The van der Waals surface area contributed by atoms with E-state index in [1.807, 2.05) is 18.2 Å². The molecule has 0 unspecified atom stereocenters. The van der Waals surface area contributed by atoms with Gasteiger partial charge >= 0.3 is 5.76 Å². The van der Waals surface area contributed by atoms with Crippen molar-refractivity contribution in [2.45, 2.75) is 32.0 Å². The van der Waals surface area contributed by atoms with Crippen molar-refractivity contribution >= 4 is 10.1 Å². The van der Waals surface area contributed by atoms with Crippen molar-refractivity contribution in [1.29, 1.82) is 0 Å².